The second kappa shape index (κ2) is 4.24. The van der Waals surface area contributed by atoms with Crippen molar-refractivity contribution >= 4 is 29.1 Å². The summed E-state index contributed by atoms with van der Waals surface area (Å²) in [6.45, 7) is 0. The first kappa shape index (κ1) is 11.7. The van der Waals surface area contributed by atoms with E-state index in [1.807, 2.05) is 30.3 Å². The van der Waals surface area contributed by atoms with Crippen molar-refractivity contribution in [2.75, 3.05) is 7.05 Å². The molecule has 16 heavy (non-hydrogen) atoms. The smallest absolute Gasteiger partial charge is 0.269 e. The Morgan fingerprint density at radius 3 is 2.56 bits per heavy atom. The first-order chi connectivity index (χ1) is 7.50. The average Bonchev–Trinajstić information content (AvgIpc) is 2.26. The van der Waals surface area contributed by atoms with E-state index in [4.69, 9.17) is 28.0 Å². The minimum atomic E-state index is -1.41. The van der Waals surface area contributed by atoms with Crippen LogP contribution in [0.15, 0.2) is 30.3 Å². The van der Waals surface area contributed by atoms with Crippen molar-refractivity contribution in [2.45, 2.75) is 16.9 Å². The fourth-order valence-electron chi connectivity index (χ4n) is 1.67. The molecular weight excluding hydrogens is 249 g/mol. The van der Waals surface area contributed by atoms with Gasteiger partial charge in [-0.25, -0.2) is 5.06 Å². The molecule has 0 radical (unpaired) electrons. The molecule has 1 fully saturated rings. The van der Waals surface area contributed by atoms with E-state index >= 15 is 0 Å². The van der Waals surface area contributed by atoms with Gasteiger partial charge in [0, 0.05) is 13.5 Å². The monoisotopic (exact) mass is 259 g/mol. The van der Waals surface area contributed by atoms with Crippen molar-refractivity contribution in [3.63, 3.8) is 0 Å². The first-order valence-corrected chi connectivity index (χ1v) is 5.64. The second-order valence-corrected chi connectivity index (χ2v) is 5.20. The van der Waals surface area contributed by atoms with Crippen LogP contribution in [0.4, 0.5) is 0 Å². The van der Waals surface area contributed by atoms with E-state index in [-0.39, 0.29) is 12.5 Å². The third-order valence-electron chi connectivity index (χ3n) is 2.50. The third-order valence-corrected chi connectivity index (χ3v) is 3.13. The van der Waals surface area contributed by atoms with Gasteiger partial charge >= 0.3 is 0 Å². The first-order valence-electron chi connectivity index (χ1n) is 4.88. The van der Waals surface area contributed by atoms with Crippen molar-refractivity contribution in [1.29, 1.82) is 0 Å². The second-order valence-electron chi connectivity index (χ2n) is 3.72. The SMILES string of the molecule is CN1O[C@@H](c2ccccc2)CC(Cl)(Cl)C1=O. The van der Waals surface area contributed by atoms with Gasteiger partial charge in [0.25, 0.3) is 5.91 Å². The van der Waals surface area contributed by atoms with E-state index in [1.54, 1.807) is 0 Å². The Kier molecular flexibility index (Phi) is 3.10. The van der Waals surface area contributed by atoms with Crippen LogP contribution in [0.1, 0.15) is 18.1 Å². The largest absolute Gasteiger partial charge is 0.282 e. The summed E-state index contributed by atoms with van der Waals surface area (Å²) in [5, 5.41) is 1.10. The molecule has 0 saturated carbocycles. The number of hydrogen-bond donors (Lipinski definition) is 0. The molecule has 1 saturated heterocycles. The molecule has 1 amide bonds. The Morgan fingerprint density at radius 2 is 2.00 bits per heavy atom. The van der Waals surface area contributed by atoms with Gasteiger partial charge in [-0.15, -0.1) is 0 Å². The standard InChI is InChI=1S/C11H11Cl2NO2/c1-14-10(15)11(12,13)7-9(16-14)8-5-3-2-4-6-8/h2-6,9H,7H2,1H3/t9-/m1/s1. The summed E-state index contributed by atoms with van der Waals surface area (Å²) in [6.07, 6.45) is -0.0394. The molecule has 1 atom stereocenters. The molecule has 0 aromatic heterocycles. The van der Waals surface area contributed by atoms with Crippen LogP contribution < -0.4 is 0 Å². The highest BCUT2D eigenvalue weighted by Crippen LogP contribution is 2.40. The molecule has 0 aliphatic carbocycles. The summed E-state index contributed by atoms with van der Waals surface area (Å²) in [7, 11) is 1.51. The van der Waals surface area contributed by atoms with Crippen LogP contribution in [-0.4, -0.2) is 22.4 Å². The van der Waals surface area contributed by atoms with Crippen LogP contribution >= 0.6 is 23.2 Å². The maximum Gasteiger partial charge on any atom is 0.282 e. The average molecular weight is 260 g/mol. The van der Waals surface area contributed by atoms with Gasteiger partial charge in [-0.2, -0.15) is 0 Å². The number of carbonyl (C=O) groups excluding carboxylic acids is 1. The Morgan fingerprint density at radius 1 is 1.38 bits per heavy atom. The number of hydrogen-bond acceptors (Lipinski definition) is 2. The molecule has 0 unspecified atom stereocenters. The van der Waals surface area contributed by atoms with Crippen LogP contribution in [0.5, 0.6) is 0 Å². The highest BCUT2D eigenvalue weighted by atomic mass is 35.5. The van der Waals surface area contributed by atoms with Crippen LogP contribution in [0, 0.1) is 0 Å². The molecule has 1 heterocycles. The topological polar surface area (TPSA) is 29.5 Å². The Balaban J connectivity index is 2.23. The van der Waals surface area contributed by atoms with Gasteiger partial charge in [0.1, 0.15) is 6.10 Å². The summed E-state index contributed by atoms with van der Waals surface area (Å²) < 4.78 is -1.41. The van der Waals surface area contributed by atoms with Crippen molar-refractivity contribution in [3.8, 4) is 0 Å². The lowest BCUT2D eigenvalue weighted by atomic mass is 10.0. The Labute approximate surface area is 104 Å². The summed E-state index contributed by atoms with van der Waals surface area (Å²) >= 11 is 11.9. The quantitative estimate of drug-likeness (QED) is 0.726. The fourth-order valence-corrected chi connectivity index (χ4v) is 2.19. The maximum atomic E-state index is 11.6. The van der Waals surface area contributed by atoms with Crippen LogP contribution in [0.2, 0.25) is 0 Å². The fraction of sp³-hybridized carbons (Fsp3) is 0.364. The summed E-state index contributed by atoms with van der Waals surface area (Å²) in [4.78, 5) is 17.0. The van der Waals surface area contributed by atoms with Gasteiger partial charge in [0.05, 0.1) is 0 Å². The normalized spacial score (nSPS) is 24.6. The van der Waals surface area contributed by atoms with Crippen LogP contribution in [-0.2, 0) is 9.63 Å². The lowest BCUT2D eigenvalue weighted by Crippen LogP contribution is -2.46. The molecule has 0 N–H and O–H groups in total. The number of hydroxylamine groups is 2. The van der Waals surface area contributed by atoms with E-state index in [2.05, 4.69) is 0 Å². The minimum Gasteiger partial charge on any atom is -0.269 e. The van der Waals surface area contributed by atoms with Gasteiger partial charge in [0.15, 0.2) is 0 Å². The van der Waals surface area contributed by atoms with Crippen molar-refractivity contribution < 1.29 is 9.63 Å². The van der Waals surface area contributed by atoms with E-state index < -0.39 is 10.2 Å². The molecule has 2 rings (SSSR count). The van der Waals surface area contributed by atoms with Crippen LogP contribution in [0.3, 0.4) is 0 Å². The predicted octanol–water partition coefficient (Wildman–Crippen LogP) is 2.70. The molecule has 1 aliphatic heterocycles. The lowest BCUT2D eigenvalue weighted by molar-refractivity contribution is -0.215. The van der Waals surface area contributed by atoms with Crippen molar-refractivity contribution in [2.24, 2.45) is 0 Å². The number of benzene rings is 1. The van der Waals surface area contributed by atoms with E-state index in [0.29, 0.717) is 0 Å². The molecule has 0 bridgehead atoms. The Hall–Kier alpha value is -0.770. The van der Waals surface area contributed by atoms with Gasteiger partial charge < -0.3 is 0 Å². The van der Waals surface area contributed by atoms with Crippen molar-refractivity contribution in [3.05, 3.63) is 35.9 Å². The number of rotatable bonds is 1. The highest BCUT2D eigenvalue weighted by molar-refractivity contribution is 6.58. The van der Waals surface area contributed by atoms with E-state index in [0.717, 1.165) is 10.6 Å². The summed E-state index contributed by atoms with van der Waals surface area (Å²) in [5.41, 5.74) is 0.951. The molecule has 1 aliphatic rings. The zero-order valence-corrected chi connectivity index (χ0v) is 10.2. The van der Waals surface area contributed by atoms with Crippen molar-refractivity contribution in [1.82, 2.24) is 5.06 Å². The predicted molar refractivity (Wildman–Crippen MR) is 62.1 cm³/mol. The van der Waals surface area contributed by atoms with Crippen LogP contribution in [0.25, 0.3) is 0 Å². The molecule has 0 spiro atoms. The third kappa shape index (κ3) is 2.17. The lowest BCUT2D eigenvalue weighted by Gasteiger charge is -2.36. The number of halogens is 2. The van der Waals surface area contributed by atoms with Gasteiger partial charge in [0.2, 0.25) is 4.33 Å². The molecular formula is C11H11Cl2NO2. The summed E-state index contributed by atoms with van der Waals surface area (Å²) in [6, 6.07) is 9.55. The number of amides is 1. The summed E-state index contributed by atoms with van der Waals surface area (Å²) in [5.74, 6) is -0.428. The maximum absolute atomic E-state index is 11.6. The van der Waals surface area contributed by atoms with Gasteiger partial charge in [-0.05, 0) is 5.56 Å². The van der Waals surface area contributed by atoms with E-state index in [9.17, 15) is 4.79 Å². The Bertz CT molecular complexity index is 394. The minimum absolute atomic E-state index is 0.253. The number of alkyl halides is 2. The molecule has 1 aromatic carbocycles. The molecule has 3 nitrogen and oxygen atoms in total. The molecule has 1 aromatic rings. The number of nitrogens with zero attached hydrogens (tertiary/aromatic N) is 1. The zero-order valence-electron chi connectivity index (χ0n) is 8.69. The molecule has 86 valence electrons. The van der Waals surface area contributed by atoms with Gasteiger partial charge in [-0.3, -0.25) is 9.63 Å². The van der Waals surface area contributed by atoms with E-state index in [1.165, 1.54) is 7.05 Å². The number of carbonyl (C=O) groups is 1. The van der Waals surface area contributed by atoms with Gasteiger partial charge in [-0.1, -0.05) is 53.5 Å². The molecule has 5 heteroatoms. The highest BCUT2D eigenvalue weighted by Gasteiger charge is 2.45. The zero-order chi connectivity index (χ0) is 11.8.